The molecular weight excluding hydrogens is 458 g/mol. The lowest BCUT2D eigenvalue weighted by molar-refractivity contribution is 0.0950. The van der Waals surface area contributed by atoms with Gasteiger partial charge in [-0.2, -0.15) is 0 Å². The van der Waals surface area contributed by atoms with Crippen molar-refractivity contribution in [3.63, 3.8) is 0 Å². The smallest absolute Gasteiger partial charge is 0.253 e. The van der Waals surface area contributed by atoms with Gasteiger partial charge < -0.3 is 5.32 Å². The molecule has 19 heavy (non-hydrogen) atoms. The van der Waals surface area contributed by atoms with Crippen LogP contribution in [0.4, 0.5) is 0 Å². The molecule has 0 bridgehead atoms. The summed E-state index contributed by atoms with van der Waals surface area (Å²) in [5.41, 5.74) is 2.95. The second-order valence-electron chi connectivity index (χ2n) is 3.87. The van der Waals surface area contributed by atoms with E-state index < -0.39 is 0 Å². The summed E-state index contributed by atoms with van der Waals surface area (Å²) < 4.78 is 1.77. The first-order valence-corrected chi connectivity index (χ1v) is 8.99. The number of amides is 1. The Morgan fingerprint density at radius 2 is 1.95 bits per heavy atom. The molecule has 1 aromatic carbocycles. The summed E-state index contributed by atoms with van der Waals surface area (Å²) in [6.45, 7) is 0.527. The van der Waals surface area contributed by atoms with Crippen molar-refractivity contribution in [1.29, 1.82) is 0 Å². The summed E-state index contributed by atoms with van der Waals surface area (Å²) in [7, 11) is 0. The zero-order valence-corrected chi connectivity index (χ0v) is 15.3. The van der Waals surface area contributed by atoms with E-state index in [-0.39, 0.29) is 5.91 Å². The van der Waals surface area contributed by atoms with Gasteiger partial charge in [0.05, 0.1) is 13.1 Å². The monoisotopic (exact) mass is 465 g/mol. The molecule has 1 heterocycles. The van der Waals surface area contributed by atoms with Crippen LogP contribution in [0.1, 0.15) is 21.5 Å². The summed E-state index contributed by atoms with van der Waals surface area (Å²) in [6, 6.07) is 9.94. The van der Waals surface area contributed by atoms with E-state index in [2.05, 4.69) is 59.2 Å². The van der Waals surface area contributed by atoms with Crippen molar-refractivity contribution in [3.05, 3.63) is 54.6 Å². The maximum absolute atomic E-state index is 12.0. The summed E-state index contributed by atoms with van der Waals surface area (Å²) in [5.74, 6) is -0.0712. The highest BCUT2D eigenvalue weighted by Crippen LogP contribution is 2.31. The van der Waals surface area contributed by atoms with E-state index in [4.69, 9.17) is 0 Å². The number of halogens is 3. The molecule has 0 aliphatic carbocycles. The molecule has 2 aromatic rings. The number of benzene rings is 1. The lowest BCUT2D eigenvalue weighted by Crippen LogP contribution is -2.22. The van der Waals surface area contributed by atoms with Gasteiger partial charge in [0.15, 0.2) is 0 Å². The summed E-state index contributed by atoms with van der Waals surface area (Å²) in [5, 5.41) is 3.74. The molecular formula is C13H10Br3NOS. The highest BCUT2D eigenvalue weighted by Gasteiger charge is 2.13. The Bertz CT molecular complexity index is 597. The highest BCUT2D eigenvalue weighted by molar-refractivity contribution is 9.12. The van der Waals surface area contributed by atoms with Crippen LogP contribution < -0.4 is 5.32 Å². The van der Waals surface area contributed by atoms with Crippen molar-refractivity contribution in [2.24, 2.45) is 0 Å². The number of rotatable bonds is 4. The fourth-order valence-electron chi connectivity index (χ4n) is 1.60. The molecule has 1 N–H and O–H groups in total. The van der Waals surface area contributed by atoms with Gasteiger partial charge in [0.1, 0.15) is 0 Å². The van der Waals surface area contributed by atoms with Crippen LogP contribution in [0.2, 0.25) is 0 Å². The van der Waals surface area contributed by atoms with Crippen LogP contribution in [0.5, 0.6) is 0 Å². The molecule has 1 amide bonds. The molecule has 0 spiro atoms. The first-order valence-electron chi connectivity index (χ1n) is 5.47. The normalized spacial score (nSPS) is 10.5. The van der Waals surface area contributed by atoms with Crippen molar-refractivity contribution >= 4 is 65.0 Å². The molecule has 2 nitrogen and oxygen atoms in total. The number of carbonyl (C=O) groups excluding carboxylic acids is 1. The van der Waals surface area contributed by atoms with Gasteiger partial charge in [-0.1, -0.05) is 40.2 Å². The minimum Gasteiger partial charge on any atom is -0.348 e. The standard InChI is InChI=1S/C13H10Br3NOS/c14-6-8-2-1-3-9(4-8)7-17-13(18)10-5-11(15)19-12(10)16/h1-5H,6-7H2,(H,17,18). The van der Waals surface area contributed by atoms with Crippen molar-refractivity contribution < 1.29 is 4.79 Å². The van der Waals surface area contributed by atoms with Crippen LogP contribution in [0.15, 0.2) is 37.9 Å². The maximum Gasteiger partial charge on any atom is 0.253 e. The maximum atomic E-state index is 12.0. The molecule has 1 aromatic heterocycles. The van der Waals surface area contributed by atoms with E-state index in [0.717, 1.165) is 18.5 Å². The largest absolute Gasteiger partial charge is 0.348 e. The van der Waals surface area contributed by atoms with Crippen LogP contribution in [0.25, 0.3) is 0 Å². The molecule has 100 valence electrons. The molecule has 0 unspecified atom stereocenters. The first kappa shape index (κ1) is 15.2. The summed E-state index contributed by atoms with van der Waals surface area (Å²) >= 11 is 11.7. The third-order valence-electron chi connectivity index (χ3n) is 2.50. The minimum atomic E-state index is -0.0712. The number of hydrogen-bond donors (Lipinski definition) is 1. The second kappa shape index (κ2) is 7.02. The van der Waals surface area contributed by atoms with E-state index in [1.54, 1.807) is 0 Å². The Hall–Kier alpha value is -0.170. The van der Waals surface area contributed by atoms with Crippen LogP contribution in [-0.4, -0.2) is 5.91 Å². The lowest BCUT2D eigenvalue weighted by atomic mass is 10.1. The molecule has 0 atom stereocenters. The van der Waals surface area contributed by atoms with Gasteiger partial charge in [-0.3, -0.25) is 4.79 Å². The quantitative estimate of drug-likeness (QED) is 0.623. The molecule has 6 heteroatoms. The molecule has 0 fully saturated rings. The van der Waals surface area contributed by atoms with Crippen molar-refractivity contribution in [2.45, 2.75) is 11.9 Å². The average Bonchev–Trinajstić information content (AvgIpc) is 2.75. The Labute approximate surface area is 141 Å². The van der Waals surface area contributed by atoms with Crippen LogP contribution in [-0.2, 0) is 11.9 Å². The SMILES string of the molecule is O=C(NCc1cccc(CBr)c1)c1cc(Br)sc1Br. The fourth-order valence-corrected chi connectivity index (χ4v) is 4.74. The van der Waals surface area contributed by atoms with E-state index in [1.165, 1.54) is 16.9 Å². The van der Waals surface area contributed by atoms with Crippen molar-refractivity contribution in [2.75, 3.05) is 0 Å². The predicted octanol–water partition coefficient (Wildman–Crippen LogP) is 5.10. The van der Waals surface area contributed by atoms with Crippen molar-refractivity contribution in [1.82, 2.24) is 5.32 Å². The molecule has 0 aliphatic rings. The number of hydrogen-bond acceptors (Lipinski definition) is 2. The van der Waals surface area contributed by atoms with Gasteiger partial charge in [-0.15, -0.1) is 11.3 Å². The van der Waals surface area contributed by atoms with Gasteiger partial charge in [0.2, 0.25) is 0 Å². The zero-order chi connectivity index (χ0) is 13.8. The highest BCUT2D eigenvalue weighted by atomic mass is 79.9. The van der Waals surface area contributed by atoms with Gasteiger partial charge in [0, 0.05) is 11.9 Å². The fraction of sp³-hybridized carbons (Fsp3) is 0.154. The van der Waals surface area contributed by atoms with E-state index >= 15 is 0 Å². The molecule has 0 radical (unpaired) electrons. The first-order chi connectivity index (χ1) is 9.10. The van der Waals surface area contributed by atoms with Crippen LogP contribution in [0.3, 0.4) is 0 Å². The third kappa shape index (κ3) is 4.15. The van der Waals surface area contributed by atoms with E-state index in [0.29, 0.717) is 12.1 Å². The molecule has 2 rings (SSSR count). The third-order valence-corrected chi connectivity index (χ3v) is 5.49. The second-order valence-corrected chi connectivity index (χ2v) is 8.18. The van der Waals surface area contributed by atoms with Crippen LogP contribution >= 0.6 is 59.1 Å². The zero-order valence-electron chi connectivity index (χ0n) is 9.75. The Morgan fingerprint density at radius 3 is 2.58 bits per heavy atom. The molecule has 0 saturated carbocycles. The van der Waals surface area contributed by atoms with Gasteiger partial charge in [-0.05, 0) is 49.1 Å². The number of nitrogens with one attached hydrogen (secondary N) is 1. The average molecular weight is 468 g/mol. The Morgan fingerprint density at radius 1 is 1.21 bits per heavy atom. The number of thiophene rings is 1. The molecule has 0 aliphatic heterocycles. The Balaban J connectivity index is 2.02. The van der Waals surface area contributed by atoms with Gasteiger partial charge in [-0.25, -0.2) is 0 Å². The van der Waals surface area contributed by atoms with Gasteiger partial charge in [0.25, 0.3) is 5.91 Å². The van der Waals surface area contributed by atoms with E-state index in [9.17, 15) is 4.79 Å². The van der Waals surface area contributed by atoms with E-state index in [1.807, 2.05) is 24.3 Å². The number of carbonyl (C=O) groups is 1. The van der Waals surface area contributed by atoms with Crippen LogP contribution in [0, 0.1) is 0 Å². The predicted molar refractivity (Wildman–Crippen MR) is 90.0 cm³/mol. The Kier molecular flexibility index (Phi) is 5.62. The van der Waals surface area contributed by atoms with Gasteiger partial charge >= 0.3 is 0 Å². The summed E-state index contributed by atoms with van der Waals surface area (Å²) in [4.78, 5) is 12.0. The minimum absolute atomic E-state index is 0.0712. The topological polar surface area (TPSA) is 29.1 Å². The van der Waals surface area contributed by atoms with Crippen molar-refractivity contribution in [3.8, 4) is 0 Å². The summed E-state index contributed by atoms with van der Waals surface area (Å²) in [6.07, 6.45) is 0. The lowest BCUT2D eigenvalue weighted by Gasteiger charge is -2.06. The number of alkyl halides is 1. The molecule has 0 saturated heterocycles.